The minimum absolute atomic E-state index is 0.123. The zero-order valence-electron chi connectivity index (χ0n) is 16.2. The third-order valence-electron chi connectivity index (χ3n) is 4.95. The average Bonchev–Trinajstić information content (AvgIpc) is 2.73. The van der Waals surface area contributed by atoms with Crippen LogP contribution in [0, 0.1) is 16.0 Å². The van der Waals surface area contributed by atoms with Gasteiger partial charge < -0.3 is 15.0 Å². The molecule has 152 valence electrons. The fraction of sp³-hybridized carbons (Fsp3) is 0.333. The highest BCUT2D eigenvalue weighted by molar-refractivity contribution is 5.95. The molecule has 0 radical (unpaired) electrons. The van der Waals surface area contributed by atoms with Crippen molar-refractivity contribution >= 4 is 28.9 Å². The first kappa shape index (κ1) is 20.3. The Morgan fingerprint density at radius 3 is 2.31 bits per heavy atom. The van der Waals surface area contributed by atoms with Crippen LogP contribution >= 0.6 is 0 Å². The van der Waals surface area contributed by atoms with Gasteiger partial charge in [-0.1, -0.05) is 6.92 Å². The number of ether oxygens (including phenoxy) is 1. The highest BCUT2D eigenvalue weighted by atomic mass is 16.6. The number of nitro groups is 1. The normalized spacial score (nSPS) is 14.3. The van der Waals surface area contributed by atoms with Gasteiger partial charge in [0.15, 0.2) is 6.61 Å². The molecule has 0 atom stereocenters. The smallest absolute Gasteiger partial charge is 0.338 e. The van der Waals surface area contributed by atoms with Gasteiger partial charge in [-0.05, 0) is 55.2 Å². The van der Waals surface area contributed by atoms with Crippen LogP contribution in [0.2, 0.25) is 0 Å². The number of nitrogens with zero attached hydrogens (tertiary/aromatic N) is 2. The first-order valence-electron chi connectivity index (χ1n) is 9.49. The number of nitro benzene ring substituents is 1. The predicted octanol–water partition coefficient (Wildman–Crippen LogP) is 3.63. The van der Waals surface area contributed by atoms with Crippen LogP contribution < -0.4 is 10.2 Å². The maximum absolute atomic E-state index is 12.0. The number of amides is 1. The fourth-order valence-corrected chi connectivity index (χ4v) is 3.15. The Bertz CT molecular complexity index is 872. The van der Waals surface area contributed by atoms with Crippen LogP contribution in [-0.4, -0.2) is 36.5 Å². The SMILES string of the molecule is CC1CCN(c2ccc(NC(=O)COC(=O)c3ccc([N+](=O)[O-])cc3)cc2)CC1. The number of esters is 1. The van der Waals surface area contributed by atoms with E-state index < -0.39 is 23.4 Å². The molecule has 2 aromatic rings. The van der Waals surface area contributed by atoms with Crippen molar-refractivity contribution in [2.75, 3.05) is 29.9 Å². The summed E-state index contributed by atoms with van der Waals surface area (Å²) in [5, 5.41) is 13.3. The summed E-state index contributed by atoms with van der Waals surface area (Å²) < 4.78 is 4.96. The lowest BCUT2D eigenvalue weighted by Crippen LogP contribution is -2.32. The standard InChI is InChI=1S/C21H23N3O5/c1-15-10-12-23(13-11-15)18-8-4-17(5-9-18)22-20(25)14-29-21(26)16-2-6-19(7-3-16)24(27)28/h2-9,15H,10-14H2,1H3,(H,22,25). The molecule has 0 aliphatic carbocycles. The van der Waals surface area contributed by atoms with E-state index in [0.29, 0.717) is 5.69 Å². The maximum Gasteiger partial charge on any atom is 0.338 e. The van der Waals surface area contributed by atoms with Crippen LogP contribution in [0.4, 0.5) is 17.1 Å². The van der Waals surface area contributed by atoms with Crippen LogP contribution in [0.25, 0.3) is 0 Å². The number of anilines is 2. The van der Waals surface area contributed by atoms with Crippen LogP contribution in [0.5, 0.6) is 0 Å². The molecule has 0 unspecified atom stereocenters. The molecule has 1 amide bonds. The number of non-ortho nitro benzene ring substituents is 1. The first-order chi connectivity index (χ1) is 13.9. The van der Waals surface area contributed by atoms with E-state index in [4.69, 9.17) is 4.74 Å². The second-order valence-electron chi connectivity index (χ2n) is 7.14. The predicted molar refractivity (Wildman–Crippen MR) is 109 cm³/mol. The summed E-state index contributed by atoms with van der Waals surface area (Å²) in [6.07, 6.45) is 2.36. The van der Waals surface area contributed by atoms with E-state index in [9.17, 15) is 19.7 Å². The van der Waals surface area contributed by atoms with Gasteiger partial charge in [-0.25, -0.2) is 4.79 Å². The van der Waals surface area contributed by atoms with E-state index in [1.54, 1.807) is 0 Å². The summed E-state index contributed by atoms with van der Waals surface area (Å²) in [6.45, 7) is 3.89. The molecule has 2 aromatic carbocycles. The van der Waals surface area contributed by atoms with Crippen LogP contribution in [0.15, 0.2) is 48.5 Å². The summed E-state index contributed by atoms with van der Waals surface area (Å²) in [5.74, 6) is -0.414. The van der Waals surface area contributed by atoms with E-state index in [0.717, 1.165) is 24.7 Å². The van der Waals surface area contributed by atoms with Crippen molar-refractivity contribution in [3.8, 4) is 0 Å². The number of nitrogens with one attached hydrogen (secondary N) is 1. The van der Waals surface area contributed by atoms with Gasteiger partial charge in [0.05, 0.1) is 10.5 Å². The van der Waals surface area contributed by atoms with Crippen LogP contribution in [0.3, 0.4) is 0 Å². The Balaban J connectivity index is 1.47. The Morgan fingerprint density at radius 1 is 1.10 bits per heavy atom. The van der Waals surface area contributed by atoms with Crippen molar-refractivity contribution in [1.82, 2.24) is 0 Å². The number of carbonyl (C=O) groups excluding carboxylic acids is 2. The van der Waals surface area contributed by atoms with Crippen molar-refractivity contribution < 1.29 is 19.2 Å². The first-order valence-corrected chi connectivity index (χ1v) is 9.49. The minimum atomic E-state index is -0.718. The number of rotatable bonds is 6. The molecule has 8 nitrogen and oxygen atoms in total. The Morgan fingerprint density at radius 2 is 1.72 bits per heavy atom. The number of hydrogen-bond donors (Lipinski definition) is 1. The lowest BCUT2D eigenvalue weighted by molar-refractivity contribution is -0.384. The molecular weight excluding hydrogens is 374 g/mol. The zero-order valence-corrected chi connectivity index (χ0v) is 16.2. The Labute approximate surface area is 168 Å². The van der Waals surface area contributed by atoms with Gasteiger partial charge >= 0.3 is 5.97 Å². The van der Waals surface area contributed by atoms with Gasteiger partial charge in [-0.3, -0.25) is 14.9 Å². The van der Waals surface area contributed by atoms with Crippen molar-refractivity contribution in [2.45, 2.75) is 19.8 Å². The third-order valence-corrected chi connectivity index (χ3v) is 4.95. The zero-order chi connectivity index (χ0) is 20.8. The monoisotopic (exact) mass is 397 g/mol. The molecule has 1 saturated heterocycles. The maximum atomic E-state index is 12.0. The van der Waals surface area contributed by atoms with E-state index >= 15 is 0 Å². The summed E-state index contributed by atoms with van der Waals surface area (Å²) in [6, 6.07) is 12.6. The molecule has 3 rings (SSSR count). The van der Waals surface area contributed by atoms with E-state index in [2.05, 4.69) is 17.1 Å². The topological polar surface area (TPSA) is 102 Å². The van der Waals surface area contributed by atoms with Crippen molar-refractivity contribution in [3.05, 3.63) is 64.2 Å². The Hall–Kier alpha value is -3.42. The molecular formula is C21H23N3O5. The molecule has 1 aliphatic heterocycles. The molecule has 1 heterocycles. The highest BCUT2D eigenvalue weighted by Gasteiger charge is 2.16. The molecule has 0 saturated carbocycles. The molecule has 1 aliphatic rings. The summed E-state index contributed by atoms with van der Waals surface area (Å²) in [5.41, 5.74) is 1.76. The lowest BCUT2D eigenvalue weighted by Gasteiger charge is -2.32. The molecule has 8 heteroatoms. The van der Waals surface area contributed by atoms with Gasteiger partial charge in [-0.2, -0.15) is 0 Å². The van der Waals surface area contributed by atoms with Gasteiger partial charge in [-0.15, -0.1) is 0 Å². The van der Waals surface area contributed by atoms with E-state index in [1.165, 1.54) is 37.1 Å². The van der Waals surface area contributed by atoms with Gasteiger partial charge in [0, 0.05) is 36.6 Å². The number of carbonyl (C=O) groups is 2. The van der Waals surface area contributed by atoms with Crippen molar-refractivity contribution in [2.24, 2.45) is 5.92 Å². The third kappa shape index (κ3) is 5.54. The van der Waals surface area contributed by atoms with E-state index in [-0.39, 0.29) is 11.3 Å². The number of hydrogen-bond acceptors (Lipinski definition) is 6. The van der Waals surface area contributed by atoms with Crippen molar-refractivity contribution in [3.63, 3.8) is 0 Å². The fourth-order valence-electron chi connectivity index (χ4n) is 3.15. The van der Waals surface area contributed by atoms with E-state index in [1.807, 2.05) is 24.3 Å². The average molecular weight is 397 g/mol. The minimum Gasteiger partial charge on any atom is -0.452 e. The lowest BCUT2D eigenvalue weighted by atomic mass is 9.99. The summed E-state index contributed by atoms with van der Waals surface area (Å²) >= 11 is 0. The van der Waals surface area contributed by atoms with Gasteiger partial charge in [0.2, 0.25) is 0 Å². The van der Waals surface area contributed by atoms with Gasteiger partial charge in [0.1, 0.15) is 0 Å². The highest BCUT2D eigenvalue weighted by Crippen LogP contribution is 2.24. The Kier molecular flexibility index (Phi) is 6.43. The molecule has 1 fully saturated rings. The van der Waals surface area contributed by atoms with Crippen molar-refractivity contribution in [1.29, 1.82) is 0 Å². The summed E-state index contributed by atoms with van der Waals surface area (Å²) in [7, 11) is 0. The van der Waals surface area contributed by atoms with Crippen LogP contribution in [0.1, 0.15) is 30.1 Å². The number of piperidine rings is 1. The molecule has 0 aromatic heterocycles. The molecule has 1 N–H and O–H groups in total. The number of benzene rings is 2. The second kappa shape index (κ2) is 9.18. The largest absolute Gasteiger partial charge is 0.452 e. The molecule has 0 spiro atoms. The second-order valence-corrected chi connectivity index (χ2v) is 7.14. The molecule has 29 heavy (non-hydrogen) atoms. The summed E-state index contributed by atoms with van der Waals surface area (Å²) in [4.78, 5) is 36.4. The van der Waals surface area contributed by atoms with Gasteiger partial charge in [0.25, 0.3) is 11.6 Å². The molecule has 0 bridgehead atoms. The van der Waals surface area contributed by atoms with Crippen LogP contribution in [-0.2, 0) is 9.53 Å². The quantitative estimate of drug-likeness (QED) is 0.454.